The lowest BCUT2D eigenvalue weighted by atomic mass is 9.77. The van der Waals surface area contributed by atoms with Gasteiger partial charge in [-0.15, -0.1) is 0 Å². The highest BCUT2D eigenvalue weighted by Gasteiger charge is 2.37. The summed E-state index contributed by atoms with van der Waals surface area (Å²) < 4.78 is 0. The fraction of sp³-hybridized carbons (Fsp3) is 0.800. The Kier molecular flexibility index (Phi) is 2.54. The van der Waals surface area contributed by atoms with Crippen molar-refractivity contribution in [3.05, 3.63) is 12.2 Å². The molecule has 0 heterocycles. The molecule has 0 aromatic carbocycles. The Morgan fingerprint density at radius 1 is 1.46 bits per heavy atom. The first-order valence-electron chi connectivity index (χ1n) is 4.55. The molecule has 0 aromatic heterocycles. The van der Waals surface area contributed by atoms with Crippen LogP contribution in [0, 0.1) is 5.92 Å². The van der Waals surface area contributed by atoms with E-state index >= 15 is 0 Å². The quantitative estimate of drug-likeness (QED) is 0.521. The van der Waals surface area contributed by atoms with Gasteiger partial charge in [-0.1, -0.05) is 12.2 Å². The maximum absolute atomic E-state index is 9.69. The van der Waals surface area contributed by atoms with Crippen LogP contribution in [0.2, 0.25) is 0 Å². The molecule has 0 aromatic rings. The third-order valence-electron chi connectivity index (χ3n) is 2.73. The van der Waals surface area contributed by atoms with Crippen molar-refractivity contribution in [2.24, 2.45) is 5.92 Å². The molecule has 13 heavy (non-hydrogen) atoms. The average Bonchev–Trinajstić information content (AvgIpc) is 1.92. The number of aliphatic hydroxyl groups is 3. The van der Waals surface area contributed by atoms with E-state index in [-0.39, 0.29) is 5.92 Å². The molecule has 1 aliphatic rings. The van der Waals surface area contributed by atoms with Crippen molar-refractivity contribution in [3.8, 4) is 0 Å². The summed E-state index contributed by atoms with van der Waals surface area (Å²) in [7, 11) is 0. The molecule has 1 rings (SSSR count). The number of hydrogen-bond donors (Lipinski definition) is 3. The molecule has 0 saturated carbocycles. The van der Waals surface area contributed by atoms with Gasteiger partial charge in [0.15, 0.2) is 0 Å². The molecule has 3 heteroatoms. The molecule has 76 valence electrons. The first-order valence-corrected chi connectivity index (χ1v) is 4.55. The maximum atomic E-state index is 9.69. The minimum atomic E-state index is -1.15. The summed E-state index contributed by atoms with van der Waals surface area (Å²) in [6.45, 7) is 4.97. The summed E-state index contributed by atoms with van der Waals surface area (Å²) in [6.07, 6.45) is 2.93. The third-order valence-corrected chi connectivity index (χ3v) is 2.73. The van der Waals surface area contributed by atoms with Crippen LogP contribution in [0.1, 0.15) is 27.2 Å². The minimum absolute atomic E-state index is 0.0947. The third kappa shape index (κ3) is 2.30. The monoisotopic (exact) mass is 186 g/mol. The van der Waals surface area contributed by atoms with Gasteiger partial charge in [-0.2, -0.15) is 0 Å². The standard InChI is InChI=1S/C10H18O3/c1-9(2,12)7-4-5-10(3,13)8(11)6-7/h4-5,7-8,11-13H,6H2,1-3H3/t7-,8-,10+/m0/s1. The molecule has 3 N–H and O–H groups in total. The molecular formula is C10H18O3. The molecule has 0 amide bonds. The maximum Gasteiger partial charge on any atom is 0.106 e. The Hall–Kier alpha value is -0.380. The van der Waals surface area contributed by atoms with E-state index in [1.54, 1.807) is 32.9 Å². The summed E-state index contributed by atoms with van der Waals surface area (Å²) in [5.74, 6) is -0.0947. The molecule has 0 unspecified atom stereocenters. The smallest absolute Gasteiger partial charge is 0.106 e. The summed E-state index contributed by atoms with van der Waals surface area (Å²) in [5.41, 5.74) is -1.99. The summed E-state index contributed by atoms with van der Waals surface area (Å²) in [5, 5.41) is 28.9. The minimum Gasteiger partial charge on any atom is -0.390 e. The van der Waals surface area contributed by atoms with Crippen molar-refractivity contribution in [2.45, 2.75) is 44.5 Å². The van der Waals surface area contributed by atoms with Gasteiger partial charge in [-0.3, -0.25) is 0 Å². The summed E-state index contributed by atoms with van der Waals surface area (Å²) >= 11 is 0. The van der Waals surface area contributed by atoms with Crippen LogP contribution in [-0.4, -0.2) is 32.6 Å². The zero-order valence-corrected chi connectivity index (χ0v) is 8.36. The van der Waals surface area contributed by atoms with E-state index in [1.165, 1.54) is 0 Å². The topological polar surface area (TPSA) is 60.7 Å². The van der Waals surface area contributed by atoms with Crippen molar-refractivity contribution in [1.29, 1.82) is 0 Å². The molecule has 1 aliphatic carbocycles. The van der Waals surface area contributed by atoms with E-state index in [2.05, 4.69) is 0 Å². The van der Waals surface area contributed by atoms with Crippen LogP contribution in [0.15, 0.2) is 12.2 Å². The SMILES string of the molecule is CC(C)(O)[C@H]1C=C[C@@](C)(O)[C@@H](O)C1. The van der Waals surface area contributed by atoms with E-state index in [4.69, 9.17) is 0 Å². The fourth-order valence-electron chi connectivity index (χ4n) is 1.50. The lowest BCUT2D eigenvalue weighted by molar-refractivity contribution is -0.0662. The molecule has 3 nitrogen and oxygen atoms in total. The van der Waals surface area contributed by atoms with E-state index in [1.807, 2.05) is 0 Å². The highest BCUT2D eigenvalue weighted by atomic mass is 16.3. The summed E-state index contributed by atoms with van der Waals surface area (Å²) in [4.78, 5) is 0. The largest absolute Gasteiger partial charge is 0.390 e. The van der Waals surface area contributed by atoms with Crippen LogP contribution >= 0.6 is 0 Å². The van der Waals surface area contributed by atoms with Gasteiger partial charge in [0.1, 0.15) is 5.60 Å². The molecule has 3 atom stereocenters. The Morgan fingerprint density at radius 3 is 2.38 bits per heavy atom. The van der Waals surface area contributed by atoms with Crippen LogP contribution in [0.4, 0.5) is 0 Å². The fourth-order valence-corrected chi connectivity index (χ4v) is 1.50. The van der Waals surface area contributed by atoms with Crippen LogP contribution in [0.3, 0.4) is 0 Å². The van der Waals surface area contributed by atoms with Gasteiger partial charge in [0, 0.05) is 5.92 Å². The highest BCUT2D eigenvalue weighted by Crippen LogP contribution is 2.32. The molecular weight excluding hydrogens is 168 g/mol. The highest BCUT2D eigenvalue weighted by molar-refractivity contribution is 5.12. The zero-order chi connectivity index (χ0) is 10.3. The second-order valence-corrected chi connectivity index (χ2v) is 4.60. The van der Waals surface area contributed by atoms with Gasteiger partial charge in [0.2, 0.25) is 0 Å². The van der Waals surface area contributed by atoms with Crippen LogP contribution in [-0.2, 0) is 0 Å². The van der Waals surface area contributed by atoms with Gasteiger partial charge in [-0.25, -0.2) is 0 Å². The van der Waals surface area contributed by atoms with E-state index < -0.39 is 17.3 Å². The zero-order valence-electron chi connectivity index (χ0n) is 8.36. The lowest BCUT2D eigenvalue weighted by Gasteiger charge is -2.37. The van der Waals surface area contributed by atoms with Crippen molar-refractivity contribution in [2.75, 3.05) is 0 Å². The Morgan fingerprint density at radius 2 is 2.00 bits per heavy atom. The number of hydrogen-bond acceptors (Lipinski definition) is 3. The van der Waals surface area contributed by atoms with Crippen molar-refractivity contribution in [1.82, 2.24) is 0 Å². The van der Waals surface area contributed by atoms with E-state index in [0.29, 0.717) is 6.42 Å². The van der Waals surface area contributed by atoms with E-state index in [9.17, 15) is 15.3 Å². The molecule has 0 spiro atoms. The van der Waals surface area contributed by atoms with Crippen LogP contribution < -0.4 is 0 Å². The van der Waals surface area contributed by atoms with Crippen LogP contribution in [0.5, 0.6) is 0 Å². The predicted molar refractivity (Wildman–Crippen MR) is 50.2 cm³/mol. The number of rotatable bonds is 1. The second kappa shape index (κ2) is 3.08. The number of aliphatic hydroxyl groups excluding tert-OH is 1. The Balaban J connectivity index is 2.79. The molecule has 0 bridgehead atoms. The average molecular weight is 186 g/mol. The normalized spacial score (nSPS) is 40.8. The van der Waals surface area contributed by atoms with Gasteiger partial charge in [-0.05, 0) is 27.2 Å². The van der Waals surface area contributed by atoms with Crippen molar-refractivity contribution >= 4 is 0 Å². The predicted octanol–water partition coefficient (Wildman–Crippen LogP) is 0.445. The van der Waals surface area contributed by atoms with E-state index in [0.717, 1.165) is 0 Å². The Bertz CT molecular complexity index is 213. The molecule has 0 saturated heterocycles. The van der Waals surface area contributed by atoms with Gasteiger partial charge in [0.05, 0.1) is 11.7 Å². The van der Waals surface area contributed by atoms with Gasteiger partial charge in [0.25, 0.3) is 0 Å². The van der Waals surface area contributed by atoms with Crippen molar-refractivity contribution in [3.63, 3.8) is 0 Å². The lowest BCUT2D eigenvalue weighted by Crippen LogP contribution is -2.45. The van der Waals surface area contributed by atoms with Crippen LogP contribution in [0.25, 0.3) is 0 Å². The van der Waals surface area contributed by atoms with Crippen molar-refractivity contribution < 1.29 is 15.3 Å². The molecule has 0 aliphatic heterocycles. The van der Waals surface area contributed by atoms with Gasteiger partial charge < -0.3 is 15.3 Å². The van der Waals surface area contributed by atoms with Gasteiger partial charge >= 0.3 is 0 Å². The molecule has 0 radical (unpaired) electrons. The first kappa shape index (κ1) is 10.7. The first-order chi connectivity index (χ1) is 5.73. The second-order valence-electron chi connectivity index (χ2n) is 4.60. The summed E-state index contributed by atoms with van der Waals surface area (Å²) in [6, 6.07) is 0. The molecule has 0 fully saturated rings. The Labute approximate surface area is 78.7 Å².